The smallest absolute Gasteiger partial charge is 0.0638 e. The van der Waals surface area contributed by atoms with Gasteiger partial charge in [-0.1, -0.05) is 12.8 Å². The van der Waals surface area contributed by atoms with Crippen molar-refractivity contribution >= 4 is 0 Å². The first-order chi connectivity index (χ1) is 8.27. The molecule has 2 rings (SSSR count). The van der Waals surface area contributed by atoms with Crippen LogP contribution in [0.15, 0.2) is 0 Å². The highest BCUT2D eigenvalue weighted by Crippen LogP contribution is 2.20. The monoisotopic (exact) mass is 237 g/mol. The third-order valence-electron chi connectivity index (χ3n) is 3.52. The minimum absolute atomic E-state index is 0.522. The Morgan fingerprint density at radius 1 is 1.35 bits per heavy atom. The van der Waals surface area contributed by atoms with E-state index in [9.17, 15) is 0 Å². The summed E-state index contributed by atoms with van der Waals surface area (Å²) in [5.74, 6) is 0. The van der Waals surface area contributed by atoms with E-state index in [-0.39, 0.29) is 0 Å². The van der Waals surface area contributed by atoms with Gasteiger partial charge in [-0.05, 0) is 26.7 Å². The predicted molar refractivity (Wildman–Crippen MR) is 68.0 cm³/mol. The van der Waals surface area contributed by atoms with Crippen molar-refractivity contribution in [2.45, 2.75) is 52.2 Å². The zero-order valence-electron chi connectivity index (χ0n) is 10.9. The molecule has 1 fully saturated rings. The largest absolute Gasteiger partial charge is 0.377 e. The van der Waals surface area contributed by atoms with Crippen LogP contribution in [0.4, 0.5) is 0 Å². The highest BCUT2D eigenvalue weighted by molar-refractivity contribution is 5.22. The summed E-state index contributed by atoms with van der Waals surface area (Å²) in [7, 11) is 0. The van der Waals surface area contributed by atoms with Crippen LogP contribution < -0.4 is 5.32 Å². The van der Waals surface area contributed by atoms with Crippen molar-refractivity contribution in [2.24, 2.45) is 0 Å². The van der Waals surface area contributed by atoms with Crippen LogP contribution in [-0.2, 0) is 11.3 Å². The van der Waals surface area contributed by atoms with Gasteiger partial charge in [0.05, 0.1) is 18.4 Å². The molecule has 1 aromatic heterocycles. The van der Waals surface area contributed by atoms with Crippen molar-refractivity contribution in [2.75, 3.05) is 13.2 Å². The maximum atomic E-state index is 5.80. The minimum atomic E-state index is 0.522. The number of hydrogen-bond donors (Lipinski definition) is 2. The molecule has 1 aromatic rings. The van der Waals surface area contributed by atoms with Crippen molar-refractivity contribution in [1.82, 2.24) is 15.5 Å². The van der Waals surface area contributed by atoms with Crippen molar-refractivity contribution in [3.05, 3.63) is 17.0 Å². The Morgan fingerprint density at radius 2 is 2.12 bits per heavy atom. The molecule has 0 spiro atoms. The average Bonchev–Trinajstić information content (AvgIpc) is 2.92. The third-order valence-corrected chi connectivity index (χ3v) is 3.52. The van der Waals surface area contributed by atoms with E-state index in [1.165, 1.54) is 31.2 Å². The van der Waals surface area contributed by atoms with E-state index in [2.05, 4.69) is 22.4 Å². The van der Waals surface area contributed by atoms with Gasteiger partial charge in [0.1, 0.15) is 0 Å². The number of hydrogen-bond acceptors (Lipinski definition) is 3. The zero-order valence-corrected chi connectivity index (χ0v) is 10.9. The Kier molecular flexibility index (Phi) is 4.57. The average molecular weight is 237 g/mol. The number of nitrogens with one attached hydrogen (secondary N) is 2. The van der Waals surface area contributed by atoms with Gasteiger partial charge in [-0.3, -0.25) is 5.10 Å². The second kappa shape index (κ2) is 6.17. The fourth-order valence-electron chi connectivity index (χ4n) is 2.40. The molecule has 0 radical (unpaired) electrons. The lowest BCUT2D eigenvalue weighted by molar-refractivity contribution is 0.0602. The molecular weight excluding hydrogens is 214 g/mol. The second-order valence-corrected chi connectivity index (χ2v) is 4.87. The molecule has 0 saturated heterocycles. The van der Waals surface area contributed by atoms with E-state index in [4.69, 9.17) is 4.74 Å². The Bertz CT molecular complexity index is 323. The summed E-state index contributed by atoms with van der Waals surface area (Å²) in [4.78, 5) is 0. The molecule has 0 bridgehead atoms. The van der Waals surface area contributed by atoms with Gasteiger partial charge in [0.2, 0.25) is 0 Å². The predicted octanol–water partition coefficient (Wildman–Crippen LogP) is 2.08. The highest BCUT2D eigenvalue weighted by atomic mass is 16.5. The molecule has 1 aliphatic carbocycles. The van der Waals surface area contributed by atoms with Gasteiger partial charge in [-0.2, -0.15) is 5.10 Å². The number of ether oxygens (including phenoxy) is 1. The summed E-state index contributed by atoms with van der Waals surface area (Å²) in [6, 6.07) is 0. The van der Waals surface area contributed by atoms with Crippen molar-refractivity contribution in [3.63, 3.8) is 0 Å². The standard InChI is InChI=1S/C13H23N3O/c1-10-13(11(2)16-15-10)9-14-7-8-17-12-5-3-4-6-12/h12,14H,3-9H2,1-2H3,(H,15,16). The lowest BCUT2D eigenvalue weighted by Crippen LogP contribution is -2.22. The van der Waals surface area contributed by atoms with Crippen molar-refractivity contribution in [1.29, 1.82) is 0 Å². The summed E-state index contributed by atoms with van der Waals surface area (Å²) in [5, 5.41) is 10.6. The minimum Gasteiger partial charge on any atom is -0.377 e. The van der Waals surface area contributed by atoms with Gasteiger partial charge in [0, 0.05) is 24.3 Å². The van der Waals surface area contributed by atoms with Crippen LogP contribution in [0.5, 0.6) is 0 Å². The van der Waals surface area contributed by atoms with Gasteiger partial charge in [-0.25, -0.2) is 0 Å². The normalized spacial score (nSPS) is 16.8. The maximum Gasteiger partial charge on any atom is 0.0638 e. The molecule has 0 aliphatic heterocycles. The Balaban J connectivity index is 1.60. The van der Waals surface area contributed by atoms with Crippen LogP contribution in [-0.4, -0.2) is 29.5 Å². The van der Waals surface area contributed by atoms with E-state index in [1.54, 1.807) is 0 Å². The molecule has 0 unspecified atom stereocenters. The molecule has 0 atom stereocenters. The molecule has 0 amide bonds. The number of aromatic nitrogens is 2. The molecule has 2 N–H and O–H groups in total. The van der Waals surface area contributed by atoms with Gasteiger partial charge >= 0.3 is 0 Å². The summed E-state index contributed by atoms with van der Waals surface area (Å²) in [5.41, 5.74) is 3.53. The fraction of sp³-hybridized carbons (Fsp3) is 0.769. The number of H-pyrrole nitrogens is 1. The van der Waals surface area contributed by atoms with E-state index in [1.807, 2.05) is 6.92 Å². The molecule has 1 saturated carbocycles. The summed E-state index contributed by atoms with van der Waals surface area (Å²) in [6.07, 6.45) is 5.70. The fourth-order valence-corrected chi connectivity index (χ4v) is 2.40. The van der Waals surface area contributed by atoms with Crippen LogP contribution in [0.1, 0.15) is 42.6 Å². The number of nitrogens with zero attached hydrogens (tertiary/aromatic N) is 1. The van der Waals surface area contributed by atoms with Crippen LogP contribution in [0.25, 0.3) is 0 Å². The van der Waals surface area contributed by atoms with Gasteiger partial charge in [0.15, 0.2) is 0 Å². The molecule has 4 heteroatoms. The van der Waals surface area contributed by atoms with Gasteiger partial charge < -0.3 is 10.1 Å². The first kappa shape index (κ1) is 12.6. The van der Waals surface area contributed by atoms with Crippen molar-refractivity contribution in [3.8, 4) is 0 Å². The second-order valence-electron chi connectivity index (χ2n) is 4.87. The molecule has 17 heavy (non-hydrogen) atoms. The molecule has 4 nitrogen and oxygen atoms in total. The van der Waals surface area contributed by atoms with Crippen molar-refractivity contribution < 1.29 is 4.74 Å². The van der Waals surface area contributed by atoms with Gasteiger partial charge in [-0.15, -0.1) is 0 Å². The summed E-state index contributed by atoms with van der Waals surface area (Å²) in [6.45, 7) is 6.71. The maximum absolute atomic E-state index is 5.80. The number of aryl methyl sites for hydroxylation is 2. The first-order valence-electron chi connectivity index (χ1n) is 6.60. The lowest BCUT2D eigenvalue weighted by atomic mass is 10.2. The first-order valence-corrected chi connectivity index (χ1v) is 6.60. The number of rotatable bonds is 6. The van der Waals surface area contributed by atoms with E-state index in [0.29, 0.717) is 6.10 Å². The van der Waals surface area contributed by atoms with Crippen LogP contribution in [0.3, 0.4) is 0 Å². The molecule has 1 aliphatic rings. The van der Waals surface area contributed by atoms with E-state index in [0.717, 1.165) is 31.1 Å². The zero-order chi connectivity index (χ0) is 12.1. The Morgan fingerprint density at radius 3 is 2.76 bits per heavy atom. The van der Waals surface area contributed by atoms with Crippen LogP contribution >= 0.6 is 0 Å². The third kappa shape index (κ3) is 3.54. The Hall–Kier alpha value is -0.870. The molecule has 1 heterocycles. The van der Waals surface area contributed by atoms with Crippen LogP contribution in [0.2, 0.25) is 0 Å². The molecule has 96 valence electrons. The van der Waals surface area contributed by atoms with E-state index >= 15 is 0 Å². The summed E-state index contributed by atoms with van der Waals surface area (Å²) >= 11 is 0. The Labute approximate surface area is 103 Å². The molecule has 0 aromatic carbocycles. The van der Waals surface area contributed by atoms with E-state index < -0.39 is 0 Å². The lowest BCUT2D eigenvalue weighted by Gasteiger charge is -2.11. The molecular formula is C13H23N3O. The van der Waals surface area contributed by atoms with Crippen LogP contribution in [0, 0.1) is 13.8 Å². The highest BCUT2D eigenvalue weighted by Gasteiger charge is 2.14. The topological polar surface area (TPSA) is 49.9 Å². The van der Waals surface area contributed by atoms with Gasteiger partial charge in [0.25, 0.3) is 0 Å². The summed E-state index contributed by atoms with van der Waals surface area (Å²) < 4.78 is 5.80. The SMILES string of the molecule is Cc1n[nH]c(C)c1CNCCOC1CCCC1. The number of aromatic amines is 1. The quantitative estimate of drug-likeness (QED) is 0.745.